The Morgan fingerprint density at radius 2 is 1.70 bits per heavy atom. The lowest BCUT2D eigenvalue weighted by Crippen LogP contribution is -1.76. The first-order valence-corrected chi connectivity index (χ1v) is 3.35. The molecule has 0 fully saturated rings. The summed E-state index contributed by atoms with van der Waals surface area (Å²) in [5, 5.41) is 9.28. The van der Waals surface area contributed by atoms with Gasteiger partial charge in [0.05, 0.1) is 15.6 Å². The van der Waals surface area contributed by atoms with E-state index < -0.39 is 0 Å². The van der Waals surface area contributed by atoms with Crippen LogP contribution in [0.15, 0.2) is 18.2 Å². The molecule has 0 aliphatic carbocycles. The van der Waals surface area contributed by atoms with E-state index in [1.54, 1.807) is 18.2 Å². The molecule has 1 aromatic rings. The Labute approximate surface area is 68.8 Å². The van der Waals surface area contributed by atoms with E-state index in [2.05, 4.69) is 0 Å². The van der Waals surface area contributed by atoms with Crippen LogP contribution >= 0.6 is 23.2 Å². The second-order valence-corrected chi connectivity index (χ2v) is 2.52. The Kier molecular flexibility index (Phi) is 2.16. The van der Waals surface area contributed by atoms with E-state index in [1.807, 2.05) is 6.07 Å². The number of rotatable bonds is 0. The summed E-state index contributed by atoms with van der Waals surface area (Å²) in [4.78, 5) is 0. The highest BCUT2D eigenvalue weighted by molar-refractivity contribution is 6.36. The van der Waals surface area contributed by atoms with Crippen LogP contribution in [0, 0.1) is 11.3 Å². The van der Waals surface area contributed by atoms with E-state index >= 15 is 0 Å². The minimum absolute atomic E-state index is 0.339. The quantitative estimate of drug-likeness (QED) is 0.599. The maximum absolute atomic E-state index is 8.48. The van der Waals surface area contributed by atoms with Gasteiger partial charge in [-0.25, -0.2) is 0 Å². The number of benzene rings is 1. The van der Waals surface area contributed by atoms with Crippen LogP contribution in [-0.2, 0) is 0 Å². The molecular weight excluding hydrogens is 175 g/mol. The number of nitrogens with zero attached hydrogens (tertiary/aromatic N) is 1. The molecule has 0 amide bonds. The van der Waals surface area contributed by atoms with Gasteiger partial charge >= 0.3 is 0 Å². The lowest BCUT2D eigenvalue weighted by molar-refractivity contribution is 1.48. The van der Waals surface area contributed by atoms with Gasteiger partial charge in [0.15, 0.2) is 0 Å². The molecule has 3 heteroatoms. The Morgan fingerprint density at radius 1 is 1.20 bits per heavy atom. The van der Waals surface area contributed by atoms with Gasteiger partial charge < -0.3 is 0 Å². The maximum Gasteiger partial charge on any atom is 0.102 e. The molecule has 0 bridgehead atoms. The summed E-state index contributed by atoms with van der Waals surface area (Å²) in [6.45, 7) is 0. The predicted molar refractivity (Wildman–Crippen MR) is 41.2 cm³/mol. The lowest BCUT2D eigenvalue weighted by Gasteiger charge is -1.94. The number of hydrogen-bond acceptors (Lipinski definition) is 1. The van der Waals surface area contributed by atoms with E-state index in [4.69, 9.17) is 28.5 Å². The highest BCUT2D eigenvalue weighted by Gasteiger charge is 2.01. The van der Waals surface area contributed by atoms with Gasteiger partial charge in [-0.3, -0.25) is 0 Å². The number of nitriles is 1. The highest BCUT2D eigenvalue weighted by atomic mass is 35.5. The highest BCUT2D eigenvalue weighted by Crippen LogP contribution is 2.22. The fraction of sp³-hybridized carbons (Fsp3) is 0. The first-order valence-electron chi connectivity index (χ1n) is 2.60. The smallest absolute Gasteiger partial charge is 0.102 e. The normalized spacial score (nSPS) is 8.90. The molecule has 0 N–H and O–H groups in total. The van der Waals surface area contributed by atoms with Crippen LogP contribution in [0.25, 0.3) is 0 Å². The Balaban J connectivity index is 3.34. The monoisotopic (exact) mass is 177 g/mol. The number of halogens is 2. The van der Waals surface area contributed by atoms with Gasteiger partial charge in [0.25, 0.3) is 0 Å². The van der Waals surface area contributed by atoms with Crippen molar-refractivity contribution in [3.8, 4) is 6.07 Å². The largest absolute Gasteiger partial charge is 0.192 e. The average Bonchev–Trinajstić information content (AvgIpc) is 1.88. The van der Waals surface area contributed by atoms with E-state index in [9.17, 15) is 0 Å². The zero-order valence-electron chi connectivity index (χ0n) is 4.94. The van der Waals surface area contributed by atoms with Gasteiger partial charge in [-0.2, -0.15) is 5.26 Å². The third-order valence-electron chi connectivity index (χ3n) is 1.07. The molecule has 50 valence electrons. The van der Waals surface area contributed by atoms with Gasteiger partial charge in [-0.05, 0) is 12.1 Å². The standard InChI is InChI=1S/C7H3Cl2N/c8-6-2-1-3-7(9)5(6)4-10/h1-3H/i1+1,2+1,3+1,5+1,6+1,7+1. The number of hydrogen-bond donors (Lipinski definition) is 0. The first-order chi connectivity index (χ1) is 4.75. The Bertz CT molecular complexity index is 268. The molecule has 1 aromatic carbocycles. The Hall–Kier alpha value is -0.710. The molecule has 0 unspecified atom stereocenters. The summed E-state index contributed by atoms with van der Waals surface area (Å²) in [6, 6.07) is 6.86. The third kappa shape index (κ3) is 1.23. The molecule has 0 radical (unpaired) electrons. The molecule has 0 saturated carbocycles. The third-order valence-corrected chi connectivity index (χ3v) is 1.70. The van der Waals surface area contributed by atoms with E-state index in [1.165, 1.54) is 0 Å². The lowest BCUT2D eigenvalue weighted by atomic mass is 11.0. The predicted octanol–water partition coefficient (Wildman–Crippen LogP) is 2.87. The van der Waals surface area contributed by atoms with Crippen molar-refractivity contribution in [2.75, 3.05) is 0 Å². The fourth-order valence-corrected chi connectivity index (χ4v) is 1.09. The van der Waals surface area contributed by atoms with Crippen LogP contribution in [0.1, 0.15) is 5.56 Å². The Morgan fingerprint density at radius 3 is 2.00 bits per heavy atom. The topological polar surface area (TPSA) is 23.8 Å². The minimum Gasteiger partial charge on any atom is -0.192 e. The summed E-state index contributed by atoms with van der Waals surface area (Å²) in [5.41, 5.74) is 0.339. The van der Waals surface area contributed by atoms with Crippen molar-refractivity contribution < 1.29 is 0 Å². The van der Waals surface area contributed by atoms with Crippen LogP contribution in [0.4, 0.5) is 0 Å². The second-order valence-electron chi connectivity index (χ2n) is 1.71. The molecular formula is C7H3Cl2N. The van der Waals surface area contributed by atoms with Crippen LogP contribution < -0.4 is 0 Å². The van der Waals surface area contributed by atoms with Crippen molar-refractivity contribution in [3.05, 3.63) is 33.8 Å². The minimum atomic E-state index is 0.339. The van der Waals surface area contributed by atoms with E-state index in [0.29, 0.717) is 15.6 Å². The van der Waals surface area contributed by atoms with Gasteiger partial charge in [0.1, 0.15) is 6.07 Å². The van der Waals surface area contributed by atoms with Crippen molar-refractivity contribution in [1.82, 2.24) is 0 Å². The van der Waals surface area contributed by atoms with Crippen LogP contribution in [-0.4, -0.2) is 0 Å². The van der Waals surface area contributed by atoms with Crippen molar-refractivity contribution in [1.29, 1.82) is 5.26 Å². The molecule has 0 aliphatic heterocycles. The van der Waals surface area contributed by atoms with Crippen molar-refractivity contribution in [3.63, 3.8) is 0 Å². The SMILES string of the molecule is N#C[13c]1[13c](Cl)[13cH][13cH][13cH][13c]1Cl. The summed E-state index contributed by atoms with van der Waals surface area (Å²) in [5.74, 6) is 0. The van der Waals surface area contributed by atoms with Gasteiger partial charge in [0, 0.05) is 0 Å². The molecule has 0 spiro atoms. The first kappa shape index (κ1) is 7.40. The van der Waals surface area contributed by atoms with Gasteiger partial charge in [0.2, 0.25) is 0 Å². The zero-order valence-corrected chi connectivity index (χ0v) is 6.45. The molecule has 1 nitrogen and oxygen atoms in total. The van der Waals surface area contributed by atoms with Crippen LogP contribution in [0.3, 0.4) is 0 Å². The van der Waals surface area contributed by atoms with Gasteiger partial charge in [-0.15, -0.1) is 0 Å². The van der Waals surface area contributed by atoms with Crippen molar-refractivity contribution in [2.45, 2.75) is 0 Å². The fourth-order valence-electron chi connectivity index (χ4n) is 0.605. The van der Waals surface area contributed by atoms with E-state index in [0.717, 1.165) is 0 Å². The summed E-state index contributed by atoms with van der Waals surface area (Å²) in [6.07, 6.45) is 0. The summed E-state index contributed by atoms with van der Waals surface area (Å²) in [7, 11) is 0. The molecule has 0 aliphatic rings. The molecule has 1 rings (SSSR count). The average molecular weight is 178 g/mol. The van der Waals surface area contributed by atoms with Crippen LogP contribution in [0.2, 0.25) is 10.0 Å². The molecule has 0 saturated heterocycles. The molecule has 0 heterocycles. The molecule has 0 aromatic heterocycles. The van der Waals surface area contributed by atoms with E-state index in [-0.39, 0.29) is 0 Å². The maximum atomic E-state index is 8.48. The van der Waals surface area contributed by atoms with Crippen molar-refractivity contribution in [2.24, 2.45) is 0 Å². The summed E-state index contributed by atoms with van der Waals surface area (Å²) < 4.78 is 0. The van der Waals surface area contributed by atoms with Crippen molar-refractivity contribution >= 4 is 23.2 Å². The summed E-state index contributed by atoms with van der Waals surface area (Å²) >= 11 is 11.2. The zero-order chi connectivity index (χ0) is 7.56. The molecule has 10 heavy (non-hydrogen) atoms. The van der Waals surface area contributed by atoms with Crippen LogP contribution in [0.5, 0.6) is 0 Å². The second kappa shape index (κ2) is 2.92. The van der Waals surface area contributed by atoms with Gasteiger partial charge in [-0.1, -0.05) is 29.3 Å². The molecule has 0 atom stereocenters.